The average molecular weight is 226 g/mol. The molecule has 2 aromatic rings. The number of hydrogen-bond acceptors (Lipinski definition) is 2. The van der Waals surface area contributed by atoms with Gasteiger partial charge >= 0.3 is 0 Å². The molecule has 2 nitrogen and oxygen atoms in total. The van der Waals surface area contributed by atoms with Gasteiger partial charge in [-0.1, -0.05) is 50.2 Å². The summed E-state index contributed by atoms with van der Waals surface area (Å²) < 4.78 is 0. The highest BCUT2D eigenvalue weighted by molar-refractivity contribution is 5.85. The van der Waals surface area contributed by atoms with Crippen molar-refractivity contribution in [2.24, 2.45) is 0 Å². The summed E-state index contributed by atoms with van der Waals surface area (Å²) in [7, 11) is 0. The molecule has 2 aromatic carbocycles. The highest BCUT2D eigenvalue weighted by Gasteiger charge is 2.11. The van der Waals surface area contributed by atoms with Gasteiger partial charge in [0.05, 0.1) is 11.4 Å². The fourth-order valence-electron chi connectivity index (χ4n) is 2.06. The van der Waals surface area contributed by atoms with Gasteiger partial charge in [-0.05, 0) is 23.1 Å². The molecule has 4 N–H and O–H groups in total. The van der Waals surface area contributed by atoms with Crippen LogP contribution in [0.5, 0.6) is 0 Å². The zero-order valence-electron chi connectivity index (χ0n) is 10.3. The van der Waals surface area contributed by atoms with Crippen LogP contribution in [0.3, 0.4) is 0 Å². The maximum atomic E-state index is 6.06. The lowest BCUT2D eigenvalue weighted by Gasteiger charge is -2.15. The Balaban J connectivity index is 2.64. The van der Waals surface area contributed by atoms with Crippen LogP contribution in [0.15, 0.2) is 42.5 Å². The fourth-order valence-corrected chi connectivity index (χ4v) is 2.06. The van der Waals surface area contributed by atoms with Crippen molar-refractivity contribution in [1.29, 1.82) is 0 Å². The molecule has 0 fully saturated rings. The Morgan fingerprint density at radius 1 is 0.824 bits per heavy atom. The van der Waals surface area contributed by atoms with E-state index in [0.29, 0.717) is 17.3 Å². The summed E-state index contributed by atoms with van der Waals surface area (Å²) in [5.74, 6) is 0.465. The molecule has 88 valence electrons. The lowest BCUT2D eigenvalue weighted by atomic mass is 9.91. The molecule has 2 rings (SSSR count). The molecule has 0 saturated carbocycles. The van der Waals surface area contributed by atoms with Crippen LogP contribution >= 0.6 is 0 Å². The quantitative estimate of drug-likeness (QED) is 0.768. The Bertz CT molecular complexity index is 530. The maximum Gasteiger partial charge on any atom is 0.0627 e. The van der Waals surface area contributed by atoms with E-state index in [4.69, 9.17) is 11.5 Å². The topological polar surface area (TPSA) is 52.0 Å². The lowest BCUT2D eigenvalue weighted by molar-refractivity contribution is 0.869. The normalized spacial score (nSPS) is 10.8. The number of nitrogen functional groups attached to an aromatic ring is 2. The molecule has 0 unspecified atom stereocenters. The first kappa shape index (κ1) is 11.5. The van der Waals surface area contributed by atoms with Crippen molar-refractivity contribution in [3.05, 3.63) is 48.0 Å². The molecule has 0 aliphatic heterocycles. The van der Waals surface area contributed by atoms with Crippen molar-refractivity contribution >= 4 is 11.4 Å². The smallest absolute Gasteiger partial charge is 0.0627 e. The van der Waals surface area contributed by atoms with Gasteiger partial charge in [0.15, 0.2) is 0 Å². The molecular formula is C15H18N2. The van der Waals surface area contributed by atoms with E-state index < -0.39 is 0 Å². The van der Waals surface area contributed by atoms with Crippen LogP contribution in [-0.4, -0.2) is 0 Å². The molecule has 0 amide bonds. The van der Waals surface area contributed by atoms with Gasteiger partial charge in [0.1, 0.15) is 0 Å². The van der Waals surface area contributed by atoms with Gasteiger partial charge in [-0.3, -0.25) is 0 Å². The van der Waals surface area contributed by atoms with Crippen molar-refractivity contribution in [2.45, 2.75) is 19.8 Å². The summed E-state index contributed by atoms with van der Waals surface area (Å²) in [5.41, 5.74) is 16.7. The highest BCUT2D eigenvalue weighted by atomic mass is 14.7. The number of para-hydroxylation sites is 1. The molecule has 0 atom stereocenters. The SMILES string of the molecule is CC(C)c1ccccc1-c1cccc(N)c1N. The molecule has 0 saturated heterocycles. The van der Waals surface area contributed by atoms with Crippen LogP contribution in [-0.2, 0) is 0 Å². The molecule has 2 heteroatoms. The van der Waals surface area contributed by atoms with Crippen molar-refractivity contribution in [3.8, 4) is 11.1 Å². The lowest BCUT2D eigenvalue weighted by Crippen LogP contribution is -1.99. The average Bonchev–Trinajstić information content (AvgIpc) is 2.33. The predicted molar refractivity (Wildman–Crippen MR) is 74.8 cm³/mol. The summed E-state index contributed by atoms with van der Waals surface area (Å²) in [5, 5.41) is 0. The Hall–Kier alpha value is -1.96. The third-order valence-electron chi connectivity index (χ3n) is 3.01. The van der Waals surface area contributed by atoms with Crippen LogP contribution in [0.4, 0.5) is 11.4 Å². The van der Waals surface area contributed by atoms with Gasteiger partial charge in [0, 0.05) is 5.56 Å². The van der Waals surface area contributed by atoms with Gasteiger partial charge < -0.3 is 11.5 Å². The third-order valence-corrected chi connectivity index (χ3v) is 3.01. The molecule has 0 bridgehead atoms. The van der Waals surface area contributed by atoms with E-state index in [-0.39, 0.29) is 0 Å². The van der Waals surface area contributed by atoms with E-state index in [2.05, 4.69) is 32.0 Å². The Labute approximate surface area is 102 Å². The molecule has 17 heavy (non-hydrogen) atoms. The molecule has 0 aliphatic carbocycles. The largest absolute Gasteiger partial charge is 0.397 e. The predicted octanol–water partition coefficient (Wildman–Crippen LogP) is 3.64. The summed E-state index contributed by atoms with van der Waals surface area (Å²) in [6.07, 6.45) is 0. The monoisotopic (exact) mass is 226 g/mol. The van der Waals surface area contributed by atoms with Gasteiger partial charge in [-0.15, -0.1) is 0 Å². The summed E-state index contributed by atoms with van der Waals surface area (Å²) >= 11 is 0. The number of hydrogen-bond donors (Lipinski definition) is 2. The molecular weight excluding hydrogens is 208 g/mol. The summed E-state index contributed by atoms with van der Waals surface area (Å²) in [6, 6.07) is 14.1. The number of rotatable bonds is 2. The second kappa shape index (κ2) is 4.50. The Kier molecular flexibility index (Phi) is 3.05. The molecule has 0 aliphatic rings. The zero-order chi connectivity index (χ0) is 12.4. The van der Waals surface area contributed by atoms with Crippen LogP contribution in [0.25, 0.3) is 11.1 Å². The van der Waals surface area contributed by atoms with E-state index in [0.717, 1.165) is 5.56 Å². The van der Waals surface area contributed by atoms with E-state index in [1.54, 1.807) is 0 Å². The minimum absolute atomic E-state index is 0.465. The van der Waals surface area contributed by atoms with E-state index in [9.17, 15) is 0 Å². The second-order valence-electron chi connectivity index (χ2n) is 4.55. The molecule has 0 aromatic heterocycles. The van der Waals surface area contributed by atoms with Crippen LogP contribution in [0, 0.1) is 0 Å². The van der Waals surface area contributed by atoms with E-state index in [1.807, 2.05) is 24.3 Å². The second-order valence-corrected chi connectivity index (χ2v) is 4.55. The number of benzene rings is 2. The Morgan fingerprint density at radius 3 is 2.18 bits per heavy atom. The summed E-state index contributed by atoms with van der Waals surface area (Å²) in [4.78, 5) is 0. The first-order chi connectivity index (χ1) is 8.11. The van der Waals surface area contributed by atoms with Gasteiger partial charge in [-0.2, -0.15) is 0 Å². The van der Waals surface area contributed by atoms with E-state index in [1.165, 1.54) is 11.1 Å². The number of nitrogens with two attached hydrogens (primary N) is 2. The van der Waals surface area contributed by atoms with Crippen molar-refractivity contribution < 1.29 is 0 Å². The first-order valence-electron chi connectivity index (χ1n) is 5.84. The minimum atomic E-state index is 0.465. The van der Waals surface area contributed by atoms with Crippen molar-refractivity contribution in [1.82, 2.24) is 0 Å². The van der Waals surface area contributed by atoms with Crippen LogP contribution < -0.4 is 11.5 Å². The molecule has 0 radical (unpaired) electrons. The Morgan fingerprint density at radius 2 is 1.47 bits per heavy atom. The number of anilines is 2. The standard InChI is InChI=1S/C15H18N2/c1-10(2)11-6-3-4-7-12(11)13-8-5-9-14(16)15(13)17/h3-10H,16-17H2,1-2H3. The van der Waals surface area contributed by atoms with Gasteiger partial charge in [-0.25, -0.2) is 0 Å². The fraction of sp³-hybridized carbons (Fsp3) is 0.200. The highest BCUT2D eigenvalue weighted by Crippen LogP contribution is 2.34. The van der Waals surface area contributed by atoms with Crippen molar-refractivity contribution in [2.75, 3.05) is 11.5 Å². The van der Waals surface area contributed by atoms with Gasteiger partial charge in [0.2, 0.25) is 0 Å². The molecule has 0 heterocycles. The minimum Gasteiger partial charge on any atom is -0.397 e. The zero-order valence-corrected chi connectivity index (χ0v) is 10.3. The van der Waals surface area contributed by atoms with Crippen LogP contribution in [0.2, 0.25) is 0 Å². The summed E-state index contributed by atoms with van der Waals surface area (Å²) in [6.45, 7) is 4.36. The van der Waals surface area contributed by atoms with Crippen molar-refractivity contribution in [3.63, 3.8) is 0 Å². The third kappa shape index (κ3) is 2.11. The maximum absolute atomic E-state index is 6.06. The molecule has 0 spiro atoms. The van der Waals surface area contributed by atoms with E-state index >= 15 is 0 Å². The van der Waals surface area contributed by atoms with Gasteiger partial charge in [0.25, 0.3) is 0 Å². The van der Waals surface area contributed by atoms with Crippen LogP contribution in [0.1, 0.15) is 25.3 Å². The first-order valence-corrected chi connectivity index (χ1v) is 5.84.